The number of thiophene rings is 1. The van der Waals surface area contributed by atoms with Crippen molar-refractivity contribution in [2.24, 2.45) is 5.92 Å². The number of benzene rings is 1. The molecule has 2 heterocycles. The molecule has 0 radical (unpaired) electrons. The molecule has 1 saturated heterocycles. The number of halogens is 1. The van der Waals surface area contributed by atoms with E-state index >= 15 is 0 Å². The Kier molecular flexibility index (Phi) is 5.40. The summed E-state index contributed by atoms with van der Waals surface area (Å²) in [5, 5.41) is 9.57. The number of carbonyl (C=O) groups is 1. The summed E-state index contributed by atoms with van der Waals surface area (Å²) in [6.07, 6.45) is 2.30. The molecule has 0 bridgehead atoms. The van der Waals surface area contributed by atoms with Crippen LogP contribution in [0.4, 0.5) is 0 Å². The molecular formula is C15H19ClN2OS. The van der Waals surface area contributed by atoms with Gasteiger partial charge in [0, 0.05) is 16.8 Å². The maximum Gasteiger partial charge on any atom is 0.251 e. The Labute approximate surface area is 129 Å². The Bertz CT molecular complexity index is 578. The molecule has 1 fully saturated rings. The molecule has 0 aliphatic carbocycles. The fourth-order valence-electron chi connectivity index (χ4n) is 2.56. The van der Waals surface area contributed by atoms with Gasteiger partial charge < -0.3 is 10.6 Å². The van der Waals surface area contributed by atoms with Crippen molar-refractivity contribution in [3.05, 3.63) is 35.2 Å². The fraction of sp³-hybridized carbons (Fsp3) is 0.400. The molecule has 1 aromatic heterocycles. The molecule has 2 aromatic rings. The lowest BCUT2D eigenvalue weighted by Crippen LogP contribution is -2.26. The van der Waals surface area contributed by atoms with Crippen molar-refractivity contribution in [3.8, 4) is 0 Å². The molecule has 1 aliphatic rings. The van der Waals surface area contributed by atoms with E-state index in [0.29, 0.717) is 0 Å². The highest BCUT2D eigenvalue weighted by molar-refractivity contribution is 7.17. The van der Waals surface area contributed by atoms with Crippen molar-refractivity contribution in [1.29, 1.82) is 0 Å². The first-order chi connectivity index (χ1) is 9.33. The predicted molar refractivity (Wildman–Crippen MR) is 87.0 cm³/mol. The minimum absolute atomic E-state index is 0. The maximum absolute atomic E-state index is 12.1. The average Bonchev–Trinajstić information content (AvgIpc) is 3.08. The minimum atomic E-state index is 0. The van der Waals surface area contributed by atoms with E-state index in [1.807, 2.05) is 18.2 Å². The third-order valence-corrected chi connectivity index (χ3v) is 4.61. The number of hydrogen-bond donors (Lipinski definition) is 2. The molecule has 1 amide bonds. The van der Waals surface area contributed by atoms with Crippen LogP contribution in [0.15, 0.2) is 29.6 Å². The zero-order valence-electron chi connectivity index (χ0n) is 11.2. The molecule has 3 rings (SSSR count). The molecule has 108 valence electrons. The number of nitrogens with one attached hydrogen (secondary N) is 2. The van der Waals surface area contributed by atoms with Crippen LogP contribution in [-0.4, -0.2) is 25.5 Å². The molecule has 2 N–H and O–H groups in total. The van der Waals surface area contributed by atoms with Gasteiger partial charge in [0.2, 0.25) is 0 Å². The van der Waals surface area contributed by atoms with Gasteiger partial charge in [-0.1, -0.05) is 0 Å². The van der Waals surface area contributed by atoms with Gasteiger partial charge in [0.1, 0.15) is 0 Å². The van der Waals surface area contributed by atoms with E-state index in [0.717, 1.165) is 42.9 Å². The summed E-state index contributed by atoms with van der Waals surface area (Å²) in [4.78, 5) is 12.1. The lowest BCUT2D eigenvalue weighted by Gasteiger charge is -2.09. The number of amides is 1. The predicted octanol–water partition coefficient (Wildman–Crippen LogP) is 3.05. The summed E-state index contributed by atoms with van der Waals surface area (Å²) in [6.45, 7) is 2.98. The van der Waals surface area contributed by atoms with Crippen LogP contribution in [0.3, 0.4) is 0 Å². The minimum Gasteiger partial charge on any atom is -0.352 e. The van der Waals surface area contributed by atoms with Crippen LogP contribution in [0.5, 0.6) is 0 Å². The summed E-state index contributed by atoms with van der Waals surface area (Å²) < 4.78 is 1.23. The SMILES string of the molecule is Cl.O=C(NCCC1CCNC1)c1ccc2sccc2c1. The first-order valence-corrected chi connectivity index (χ1v) is 7.67. The molecule has 5 heteroatoms. The average molecular weight is 311 g/mol. The summed E-state index contributed by atoms with van der Waals surface area (Å²) >= 11 is 1.70. The quantitative estimate of drug-likeness (QED) is 0.911. The van der Waals surface area contributed by atoms with Crippen molar-refractivity contribution in [1.82, 2.24) is 10.6 Å². The van der Waals surface area contributed by atoms with Crippen LogP contribution in [-0.2, 0) is 0 Å². The topological polar surface area (TPSA) is 41.1 Å². The van der Waals surface area contributed by atoms with E-state index in [1.165, 1.54) is 11.1 Å². The normalized spacial score (nSPS) is 17.9. The second kappa shape index (κ2) is 7.07. The summed E-state index contributed by atoms with van der Waals surface area (Å²) in [6, 6.07) is 7.96. The van der Waals surface area contributed by atoms with Gasteiger partial charge in [-0.2, -0.15) is 0 Å². The van der Waals surface area contributed by atoms with Crippen LogP contribution >= 0.6 is 23.7 Å². The molecule has 1 aliphatic heterocycles. The van der Waals surface area contributed by atoms with Crippen LogP contribution in [0.1, 0.15) is 23.2 Å². The Morgan fingerprint density at radius 3 is 3.10 bits per heavy atom. The number of carbonyl (C=O) groups excluding carboxylic acids is 1. The molecule has 3 nitrogen and oxygen atoms in total. The van der Waals surface area contributed by atoms with Crippen LogP contribution in [0.2, 0.25) is 0 Å². The Morgan fingerprint density at radius 1 is 1.40 bits per heavy atom. The van der Waals surface area contributed by atoms with Crippen molar-refractivity contribution in [2.75, 3.05) is 19.6 Å². The van der Waals surface area contributed by atoms with E-state index in [1.54, 1.807) is 11.3 Å². The Hall–Kier alpha value is -1.10. The molecule has 1 aromatic carbocycles. The number of fused-ring (bicyclic) bond motifs is 1. The van der Waals surface area contributed by atoms with E-state index in [4.69, 9.17) is 0 Å². The first kappa shape index (κ1) is 15.3. The molecule has 1 atom stereocenters. The van der Waals surface area contributed by atoms with Crippen molar-refractivity contribution in [3.63, 3.8) is 0 Å². The lowest BCUT2D eigenvalue weighted by atomic mass is 10.1. The maximum atomic E-state index is 12.1. The van der Waals surface area contributed by atoms with E-state index in [2.05, 4.69) is 22.1 Å². The van der Waals surface area contributed by atoms with Gasteiger partial charge in [-0.25, -0.2) is 0 Å². The second-order valence-electron chi connectivity index (χ2n) is 5.08. The highest BCUT2D eigenvalue weighted by Crippen LogP contribution is 2.21. The van der Waals surface area contributed by atoms with Crippen LogP contribution < -0.4 is 10.6 Å². The van der Waals surface area contributed by atoms with Gasteiger partial charge in [0.15, 0.2) is 0 Å². The second-order valence-corrected chi connectivity index (χ2v) is 6.02. The van der Waals surface area contributed by atoms with Gasteiger partial charge in [-0.3, -0.25) is 4.79 Å². The lowest BCUT2D eigenvalue weighted by molar-refractivity contribution is 0.0952. The zero-order chi connectivity index (χ0) is 13.1. The molecule has 1 unspecified atom stereocenters. The Balaban J connectivity index is 0.00000147. The summed E-state index contributed by atoms with van der Waals surface area (Å²) in [7, 11) is 0. The van der Waals surface area contributed by atoms with E-state index in [9.17, 15) is 4.79 Å². The molecular weight excluding hydrogens is 292 g/mol. The number of rotatable bonds is 4. The van der Waals surface area contributed by atoms with Gasteiger partial charge in [0.25, 0.3) is 5.91 Å². The highest BCUT2D eigenvalue weighted by Gasteiger charge is 2.14. The van der Waals surface area contributed by atoms with Gasteiger partial charge in [-0.05, 0) is 66.9 Å². The third-order valence-electron chi connectivity index (χ3n) is 3.72. The highest BCUT2D eigenvalue weighted by atomic mass is 35.5. The van der Waals surface area contributed by atoms with Crippen molar-refractivity contribution >= 4 is 39.7 Å². The zero-order valence-corrected chi connectivity index (χ0v) is 12.9. The first-order valence-electron chi connectivity index (χ1n) is 6.79. The van der Waals surface area contributed by atoms with Gasteiger partial charge in [-0.15, -0.1) is 23.7 Å². The summed E-state index contributed by atoms with van der Waals surface area (Å²) in [5.41, 5.74) is 0.760. The molecule has 0 saturated carbocycles. The van der Waals surface area contributed by atoms with Crippen molar-refractivity contribution in [2.45, 2.75) is 12.8 Å². The standard InChI is InChI=1S/C15H18N2OS.ClH/c18-15(17-7-4-11-3-6-16-10-11)13-1-2-14-12(9-13)5-8-19-14;/h1-2,5,8-9,11,16H,3-4,6-7,10H2,(H,17,18);1H. The monoisotopic (exact) mass is 310 g/mol. The molecule has 0 spiro atoms. The fourth-order valence-corrected chi connectivity index (χ4v) is 3.33. The smallest absolute Gasteiger partial charge is 0.251 e. The van der Waals surface area contributed by atoms with E-state index < -0.39 is 0 Å². The Morgan fingerprint density at radius 2 is 2.30 bits per heavy atom. The van der Waals surface area contributed by atoms with Crippen LogP contribution in [0.25, 0.3) is 10.1 Å². The summed E-state index contributed by atoms with van der Waals surface area (Å²) in [5.74, 6) is 0.763. The van der Waals surface area contributed by atoms with E-state index in [-0.39, 0.29) is 18.3 Å². The van der Waals surface area contributed by atoms with Gasteiger partial charge in [0.05, 0.1) is 0 Å². The largest absolute Gasteiger partial charge is 0.352 e. The number of hydrogen-bond acceptors (Lipinski definition) is 3. The van der Waals surface area contributed by atoms with Crippen LogP contribution in [0, 0.1) is 5.92 Å². The van der Waals surface area contributed by atoms with Gasteiger partial charge >= 0.3 is 0 Å². The van der Waals surface area contributed by atoms with Crippen molar-refractivity contribution < 1.29 is 4.79 Å². The third kappa shape index (κ3) is 3.51. The molecule has 20 heavy (non-hydrogen) atoms.